The molecule has 36 heavy (non-hydrogen) atoms. The van der Waals surface area contributed by atoms with Gasteiger partial charge >= 0.3 is 6.09 Å². The molecule has 2 aliphatic rings. The van der Waals surface area contributed by atoms with Crippen molar-refractivity contribution >= 4 is 6.09 Å². The highest BCUT2D eigenvalue weighted by atomic mass is 16.6. The van der Waals surface area contributed by atoms with E-state index in [4.69, 9.17) is 18.9 Å². The van der Waals surface area contributed by atoms with Crippen LogP contribution in [0.25, 0.3) is 11.3 Å². The molecule has 0 N–H and O–H groups in total. The Hall–Kier alpha value is -2.84. The first-order valence-corrected chi connectivity index (χ1v) is 12.8. The number of aromatic nitrogens is 1. The molecule has 3 heterocycles. The van der Waals surface area contributed by atoms with E-state index in [-0.39, 0.29) is 23.7 Å². The molecule has 4 rings (SSSR count). The van der Waals surface area contributed by atoms with E-state index in [9.17, 15) is 9.59 Å². The first kappa shape index (κ1) is 26.2. The number of nitrogens with zero attached hydrogens (tertiary/aromatic N) is 2. The smallest absolute Gasteiger partial charge is 0.410 e. The number of hydrogen-bond acceptors (Lipinski definition) is 6. The maximum absolute atomic E-state index is 12.8. The van der Waals surface area contributed by atoms with E-state index >= 15 is 0 Å². The zero-order valence-corrected chi connectivity index (χ0v) is 22.0. The van der Waals surface area contributed by atoms with E-state index < -0.39 is 0 Å². The molecule has 8 nitrogen and oxygen atoms in total. The molecular formula is C28H38N2O6. The SMILES string of the molecule is COC[C@@H](COc1cc(=O)c(C)c2n1CCc1cc(C3CCN(C(=O)OC(C)C)CC3)ccc1-2)OC. The van der Waals surface area contributed by atoms with Gasteiger partial charge in [-0.1, -0.05) is 18.2 Å². The normalized spacial score (nSPS) is 16.4. The van der Waals surface area contributed by atoms with Crippen LogP contribution in [0.15, 0.2) is 29.1 Å². The maximum Gasteiger partial charge on any atom is 0.410 e. The second-order valence-corrected chi connectivity index (χ2v) is 9.96. The molecule has 0 unspecified atom stereocenters. The zero-order chi connectivity index (χ0) is 25.8. The van der Waals surface area contributed by atoms with E-state index in [1.165, 1.54) is 11.1 Å². The summed E-state index contributed by atoms with van der Waals surface area (Å²) in [5.41, 5.74) is 5.26. The molecule has 1 aromatic carbocycles. The first-order valence-electron chi connectivity index (χ1n) is 12.8. The summed E-state index contributed by atoms with van der Waals surface area (Å²) in [6.45, 7) is 8.51. The molecule has 0 radical (unpaired) electrons. The average Bonchev–Trinajstić information content (AvgIpc) is 2.88. The Morgan fingerprint density at radius 3 is 2.50 bits per heavy atom. The molecule has 1 aromatic heterocycles. The predicted molar refractivity (Wildman–Crippen MR) is 138 cm³/mol. The molecule has 0 spiro atoms. The minimum Gasteiger partial charge on any atom is -0.476 e. The van der Waals surface area contributed by atoms with Crippen molar-refractivity contribution in [1.29, 1.82) is 0 Å². The van der Waals surface area contributed by atoms with Gasteiger partial charge in [-0.15, -0.1) is 0 Å². The third-order valence-corrected chi connectivity index (χ3v) is 7.17. The van der Waals surface area contributed by atoms with Gasteiger partial charge in [-0.25, -0.2) is 4.79 Å². The number of piperidine rings is 1. The number of amides is 1. The Morgan fingerprint density at radius 2 is 1.83 bits per heavy atom. The number of ether oxygens (including phenoxy) is 4. The fourth-order valence-corrected chi connectivity index (χ4v) is 5.17. The van der Waals surface area contributed by atoms with Crippen LogP contribution in [0.5, 0.6) is 5.88 Å². The van der Waals surface area contributed by atoms with E-state index in [0.29, 0.717) is 38.1 Å². The van der Waals surface area contributed by atoms with Gasteiger partial charge in [0.05, 0.1) is 18.4 Å². The average molecular weight is 499 g/mol. The van der Waals surface area contributed by atoms with Gasteiger partial charge in [0.2, 0.25) is 0 Å². The van der Waals surface area contributed by atoms with Crippen LogP contribution < -0.4 is 10.2 Å². The predicted octanol–water partition coefficient (Wildman–Crippen LogP) is 4.14. The van der Waals surface area contributed by atoms with Crippen LogP contribution in [0, 0.1) is 6.92 Å². The summed E-state index contributed by atoms with van der Waals surface area (Å²) >= 11 is 0. The van der Waals surface area contributed by atoms with Crippen LogP contribution in [-0.4, -0.2) is 68.3 Å². The molecular weight excluding hydrogens is 460 g/mol. The van der Waals surface area contributed by atoms with Gasteiger partial charge in [0.15, 0.2) is 11.3 Å². The van der Waals surface area contributed by atoms with Crippen molar-refractivity contribution in [2.75, 3.05) is 40.5 Å². The van der Waals surface area contributed by atoms with Gasteiger partial charge in [-0.3, -0.25) is 4.79 Å². The van der Waals surface area contributed by atoms with Crippen molar-refractivity contribution in [2.45, 2.75) is 64.7 Å². The quantitative estimate of drug-likeness (QED) is 0.544. The molecule has 0 saturated carbocycles. The van der Waals surface area contributed by atoms with Crippen LogP contribution in [0.3, 0.4) is 0 Å². The van der Waals surface area contributed by atoms with Gasteiger partial charge in [0.25, 0.3) is 0 Å². The van der Waals surface area contributed by atoms with Gasteiger partial charge in [0, 0.05) is 51.0 Å². The molecule has 0 aliphatic carbocycles. The van der Waals surface area contributed by atoms with Crippen molar-refractivity contribution in [3.05, 3.63) is 51.2 Å². The highest BCUT2D eigenvalue weighted by molar-refractivity contribution is 5.70. The third kappa shape index (κ3) is 5.60. The van der Waals surface area contributed by atoms with E-state index in [1.807, 2.05) is 25.7 Å². The largest absolute Gasteiger partial charge is 0.476 e. The lowest BCUT2D eigenvalue weighted by Crippen LogP contribution is -2.39. The van der Waals surface area contributed by atoms with Crippen LogP contribution in [0.2, 0.25) is 0 Å². The number of carbonyl (C=O) groups is 1. The number of benzene rings is 1. The van der Waals surface area contributed by atoms with Gasteiger partial charge in [-0.05, 0) is 57.1 Å². The molecule has 2 aliphatic heterocycles. The van der Waals surface area contributed by atoms with Crippen molar-refractivity contribution in [3.63, 3.8) is 0 Å². The monoisotopic (exact) mass is 498 g/mol. The number of fused-ring (bicyclic) bond motifs is 3. The molecule has 196 valence electrons. The lowest BCUT2D eigenvalue weighted by atomic mass is 9.85. The Labute approximate surface area is 213 Å². The lowest BCUT2D eigenvalue weighted by Gasteiger charge is -2.33. The molecule has 1 fully saturated rings. The third-order valence-electron chi connectivity index (χ3n) is 7.17. The lowest BCUT2D eigenvalue weighted by molar-refractivity contribution is -0.000948. The summed E-state index contributed by atoms with van der Waals surface area (Å²) in [7, 11) is 3.25. The van der Waals surface area contributed by atoms with Gasteiger partial charge < -0.3 is 28.4 Å². The number of pyridine rings is 1. The molecule has 8 heteroatoms. The number of rotatable bonds is 8. The fraction of sp³-hybridized carbons (Fsp3) is 0.571. The Morgan fingerprint density at radius 1 is 1.08 bits per heavy atom. The molecule has 1 saturated heterocycles. The Kier molecular flexibility index (Phi) is 8.36. The highest BCUT2D eigenvalue weighted by Gasteiger charge is 2.27. The van der Waals surface area contributed by atoms with Gasteiger partial charge in [-0.2, -0.15) is 0 Å². The van der Waals surface area contributed by atoms with Crippen LogP contribution in [0.4, 0.5) is 4.79 Å². The maximum atomic E-state index is 12.8. The number of aryl methyl sites for hydroxylation is 1. The number of carbonyl (C=O) groups excluding carboxylic acids is 1. The summed E-state index contributed by atoms with van der Waals surface area (Å²) in [6, 6.07) is 8.20. The zero-order valence-electron chi connectivity index (χ0n) is 22.0. The number of likely N-dealkylation sites (tertiary alicyclic amines) is 1. The topological polar surface area (TPSA) is 79.2 Å². The second-order valence-electron chi connectivity index (χ2n) is 9.96. The van der Waals surface area contributed by atoms with E-state index in [1.54, 1.807) is 20.3 Å². The Balaban J connectivity index is 1.53. The van der Waals surface area contributed by atoms with Crippen molar-refractivity contribution in [3.8, 4) is 17.1 Å². The second kappa shape index (κ2) is 11.5. The van der Waals surface area contributed by atoms with E-state index in [2.05, 4.69) is 22.8 Å². The Bertz CT molecular complexity index is 1130. The van der Waals surface area contributed by atoms with Crippen LogP contribution >= 0.6 is 0 Å². The summed E-state index contributed by atoms with van der Waals surface area (Å²) in [5, 5.41) is 0. The van der Waals surface area contributed by atoms with Crippen LogP contribution in [-0.2, 0) is 27.2 Å². The van der Waals surface area contributed by atoms with Gasteiger partial charge in [0.1, 0.15) is 12.7 Å². The van der Waals surface area contributed by atoms with Crippen molar-refractivity contribution in [1.82, 2.24) is 9.47 Å². The summed E-state index contributed by atoms with van der Waals surface area (Å²) < 4.78 is 24.1. The number of methoxy groups -OCH3 is 2. The molecule has 0 bridgehead atoms. The fourth-order valence-electron chi connectivity index (χ4n) is 5.17. The molecule has 2 aromatic rings. The standard InChI is InChI=1S/C28H38N2O6/c1-18(2)36-28(32)29-11-8-20(9-12-29)21-6-7-24-22(14-21)10-13-30-26(15-25(31)19(3)27(24)30)35-17-23(34-5)16-33-4/h6-7,14-15,18,20,23H,8-13,16-17H2,1-5H3/t23-/m0/s1. The summed E-state index contributed by atoms with van der Waals surface area (Å²) in [6.07, 6.45) is 2.17. The minimum absolute atomic E-state index is 0.0328. The van der Waals surface area contributed by atoms with Crippen molar-refractivity contribution in [2.24, 2.45) is 0 Å². The van der Waals surface area contributed by atoms with E-state index in [0.717, 1.165) is 42.6 Å². The molecule has 1 atom stereocenters. The summed E-state index contributed by atoms with van der Waals surface area (Å²) in [5.74, 6) is 0.971. The van der Waals surface area contributed by atoms with Crippen LogP contribution in [0.1, 0.15) is 49.3 Å². The van der Waals surface area contributed by atoms with Crippen molar-refractivity contribution < 1.29 is 23.7 Å². The summed E-state index contributed by atoms with van der Waals surface area (Å²) in [4.78, 5) is 26.9. The number of hydrogen-bond donors (Lipinski definition) is 0. The molecule has 1 amide bonds. The highest BCUT2D eigenvalue weighted by Crippen LogP contribution is 2.37. The minimum atomic E-state index is -0.219. The first-order chi connectivity index (χ1) is 17.3.